The van der Waals surface area contributed by atoms with Crippen LogP contribution in [-0.2, 0) is 0 Å². The van der Waals surface area contributed by atoms with Crippen LogP contribution in [0.15, 0.2) is 66.7 Å². The highest BCUT2D eigenvalue weighted by Gasteiger charge is 2.60. The number of carbonyl (C=O) groups is 2. The second-order valence-electron chi connectivity index (χ2n) is 16.2. The van der Waals surface area contributed by atoms with E-state index in [1.165, 1.54) is 44.9 Å². The molecule has 49 heavy (non-hydrogen) atoms. The molecular weight excluding hydrogens is 616 g/mol. The third kappa shape index (κ3) is 5.73. The van der Waals surface area contributed by atoms with Crippen LogP contribution >= 0.6 is 0 Å². The molecule has 0 amide bonds. The van der Waals surface area contributed by atoms with Gasteiger partial charge >= 0.3 is 11.9 Å². The van der Waals surface area contributed by atoms with Gasteiger partial charge in [-0.05, 0) is 161 Å². The van der Waals surface area contributed by atoms with Crippen molar-refractivity contribution in [2.24, 2.45) is 40.9 Å². The average Bonchev–Trinajstić information content (AvgIpc) is 3.05. The van der Waals surface area contributed by atoms with Crippen LogP contribution in [0.2, 0.25) is 0 Å². The molecule has 0 saturated heterocycles. The summed E-state index contributed by atoms with van der Waals surface area (Å²) in [6, 6.07) is 19.2. The molecular formula is C42H42O7. The van der Waals surface area contributed by atoms with Crippen LogP contribution in [0.4, 0.5) is 0 Å². The predicted molar refractivity (Wildman–Crippen MR) is 182 cm³/mol. The van der Waals surface area contributed by atoms with E-state index in [4.69, 9.17) is 14.2 Å². The Bertz CT molecular complexity index is 1800. The monoisotopic (exact) mass is 658 g/mol. The fourth-order valence-electron chi connectivity index (χ4n) is 11.4. The summed E-state index contributed by atoms with van der Waals surface area (Å²) in [5, 5.41) is 19.4. The minimum atomic E-state index is -1.07. The van der Waals surface area contributed by atoms with Crippen LogP contribution in [0.1, 0.15) is 96.9 Å². The van der Waals surface area contributed by atoms with Crippen molar-refractivity contribution in [3.63, 3.8) is 0 Å². The summed E-state index contributed by atoms with van der Waals surface area (Å²) < 4.78 is 19.8. The molecule has 0 radical (unpaired) electrons. The standard InChI is InChI=1S/C42H42O7/c43-39(44)31-3-7-34(8-4-31)49-42-23-29-16-30(24-42)18-32(17-29)38(42)48-35-9-10-36(40(45)46)37(19-35)47-33-5-1-25(2-6-33)11-12-41-20-26-13-27(21-41)15-28(14-26)22-41/h1-10,19,26-30,32,38H,13-18,20-24H2,(H,43,44)(H,45,46). The van der Waals surface area contributed by atoms with Crippen LogP contribution < -0.4 is 14.2 Å². The Balaban J connectivity index is 0.943. The summed E-state index contributed by atoms with van der Waals surface area (Å²) >= 11 is 0. The number of aromatic carboxylic acids is 2. The molecule has 252 valence electrons. The molecule has 0 spiro atoms. The van der Waals surface area contributed by atoms with Crippen molar-refractivity contribution in [1.29, 1.82) is 0 Å². The molecule has 2 N–H and O–H groups in total. The molecule has 11 rings (SSSR count). The predicted octanol–water partition coefficient (Wildman–Crippen LogP) is 8.85. The van der Waals surface area contributed by atoms with Crippen LogP contribution in [0.25, 0.3) is 0 Å². The number of hydrogen-bond donors (Lipinski definition) is 2. The summed E-state index contributed by atoms with van der Waals surface area (Å²) in [7, 11) is 0. The minimum absolute atomic E-state index is 0.0626. The molecule has 8 aliphatic rings. The Morgan fingerprint density at radius 2 is 1.22 bits per heavy atom. The van der Waals surface area contributed by atoms with Crippen molar-refractivity contribution >= 4 is 11.9 Å². The first kappa shape index (κ1) is 30.6. The molecule has 3 unspecified atom stereocenters. The average molecular weight is 659 g/mol. The van der Waals surface area contributed by atoms with E-state index in [0.29, 0.717) is 35.0 Å². The SMILES string of the molecule is O=C(O)c1ccc(OC23CC4CC(CC(C4)C2Oc2ccc(C(=O)O)c(Oc4ccc(C#CC56CC7CC(CC(C7)C5)C6)cc4)c2)C3)cc1. The second-order valence-corrected chi connectivity index (χ2v) is 16.2. The van der Waals surface area contributed by atoms with E-state index < -0.39 is 17.5 Å². The van der Waals surface area contributed by atoms with Gasteiger partial charge in [0.25, 0.3) is 0 Å². The zero-order valence-electron chi connectivity index (χ0n) is 27.6. The number of benzene rings is 3. The van der Waals surface area contributed by atoms with E-state index in [1.54, 1.807) is 42.5 Å². The van der Waals surface area contributed by atoms with Gasteiger partial charge in [0.15, 0.2) is 0 Å². The first-order valence-electron chi connectivity index (χ1n) is 18.1. The number of hydrogen-bond acceptors (Lipinski definition) is 5. The van der Waals surface area contributed by atoms with Crippen LogP contribution in [0, 0.1) is 52.8 Å². The lowest BCUT2D eigenvalue weighted by Crippen LogP contribution is -2.65. The Labute approximate surface area is 287 Å². The van der Waals surface area contributed by atoms with Crippen molar-refractivity contribution < 1.29 is 34.0 Å². The molecule has 7 nitrogen and oxygen atoms in total. The molecule has 3 atom stereocenters. The van der Waals surface area contributed by atoms with Crippen molar-refractivity contribution in [2.75, 3.05) is 0 Å². The Morgan fingerprint density at radius 3 is 1.82 bits per heavy atom. The van der Waals surface area contributed by atoms with Gasteiger partial charge in [0.2, 0.25) is 0 Å². The van der Waals surface area contributed by atoms with Gasteiger partial charge in [-0.25, -0.2) is 9.59 Å². The van der Waals surface area contributed by atoms with Gasteiger partial charge in [-0.15, -0.1) is 0 Å². The maximum atomic E-state index is 12.2. The highest BCUT2D eigenvalue weighted by Crippen LogP contribution is 2.60. The highest BCUT2D eigenvalue weighted by molar-refractivity contribution is 5.91. The van der Waals surface area contributed by atoms with Crippen LogP contribution in [0.5, 0.6) is 23.0 Å². The van der Waals surface area contributed by atoms with Crippen molar-refractivity contribution in [2.45, 2.75) is 82.3 Å². The molecule has 7 heteroatoms. The largest absolute Gasteiger partial charge is 0.486 e. The van der Waals surface area contributed by atoms with Crippen molar-refractivity contribution in [1.82, 2.24) is 0 Å². The molecule has 0 aliphatic heterocycles. The van der Waals surface area contributed by atoms with E-state index in [9.17, 15) is 19.8 Å². The quantitative estimate of drug-likeness (QED) is 0.233. The lowest BCUT2D eigenvalue weighted by atomic mass is 9.50. The molecule has 0 heterocycles. The number of carboxylic acids is 2. The summed E-state index contributed by atoms with van der Waals surface area (Å²) in [5.74, 6) is 11.1. The summed E-state index contributed by atoms with van der Waals surface area (Å²) in [4.78, 5) is 23.7. The van der Waals surface area contributed by atoms with Gasteiger partial charge in [-0.1, -0.05) is 11.8 Å². The molecule has 8 aliphatic carbocycles. The Hall–Kier alpha value is -4.44. The molecule has 8 bridgehead atoms. The van der Waals surface area contributed by atoms with Gasteiger partial charge in [0.1, 0.15) is 40.3 Å². The zero-order chi connectivity index (χ0) is 33.3. The van der Waals surface area contributed by atoms with Gasteiger partial charge in [-0.3, -0.25) is 0 Å². The number of rotatable bonds is 8. The Kier molecular flexibility index (Phi) is 7.23. The van der Waals surface area contributed by atoms with Crippen LogP contribution in [-0.4, -0.2) is 33.9 Å². The van der Waals surface area contributed by atoms with E-state index >= 15 is 0 Å². The third-order valence-electron chi connectivity index (χ3n) is 12.6. The highest BCUT2D eigenvalue weighted by atomic mass is 16.6. The molecule has 8 saturated carbocycles. The zero-order valence-corrected chi connectivity index (χ0v) is 27.6. The number of carboxylic acid groups (broad SMARTS) is 2. The lowest BCUT2D eigenvalue weighted by Gasteiger charge is -2.59. The molecule has 3 aromatic rings. The second kappa shape index (κ2) is 11.6. The van der Waals surface area contributed by atoms with Gasteiger partial charge in [0.05, 0.1) is 5.56 Å². The summed E-state index contributed by atoms with van der Waals surface area (Å²) in [6.45, 7) is 0. The number of ether oxygens (including phenoxy) is 3. The summed E-state index contributed by atoms with van der Waals surface area (Å²) in [5.41, 5.74) is 0.874. The maximum Gasteiger partial charge on any atom is 0.339 e. The summed E-state index contributed by atoms with van der Waals surface area (Å²) in [6.07, 6.45) is 12.9. The topological polar surface area (TPSA) is 102 Å². The van der Waals surface area contributed by atoms with Gasteiger partial charge in [-0.2, -0.15) is 0 Å². The normalized spacial score (nSPS) is 34.6. The van der Waals surface area contributed by atoms with Crippen molar-refractivity contribution in [3.8, 4) is 34.8 Å². The molecule has 0 aromatic heterocycles. The van der Waals surface area contributed by atoms with E-state index in [-0.39, 0.29) is 28.4 Å². The maximum absolute atomic E-state index is 12.2. The first-order valence-corrected chi connectivity index (χ1v) is 18.1. The van der Waals surface area contributed by atoms with Gasteiger partial charge < -0.3 is 24.4 Å². The molecule has 8 fully saturated rings. The molecule has 3 aromatic carbocycles. The smallest absolute Gasteiger partial charge is 0.339 e. The van der Waals surface area contributed by atoms with Gasteiger partial charge in [0, 0.05) is 23.0 Å². The Morgan fingerprint density at radius 1 is 0.653 bits per heavy atom. The van der Waals surface area contributed by atoms with Crippen LogP contribution in [0.3, 0.4) is 0 Å². The van der Waals surface area contributed by atoms with Crippen molar-refractivity contribution in [3.05, 3.63) is 83.4 Å². The first-order chi connectivity index (χ1) is 23.7. The third-order valence-corrected chi connectivity index (χ3v) is 12.6. The fraction of sp³-hybridized carbons (Fsp3) is 0.476. The minimum Gasteiger partial charge on any atom is -0.486 e. The fourth-order valence-corrected chi connectivity index (χ4v) is 11.4. The van der Waals surface area contributed by atoms with E-state index in [0.717, 1.165) is 49.0 Å². The van der Waals surface area contributed by atoms with E-state index in [1.807, 2.05) is 24.3 Å². The van der Waals surface area contributed by atoms with E-state index in [2.05, 4.69) is 11.8 Å². The lowest BCUT2D eigenvalue weighted by molar-refractivity contribution is -0.180.